The van der Waals surface area contributed by atoms with E-state index in [0.29, 0.717) is 11.8 Å². The molecule has 0 aliphatic heterocycles. The lowest BCUT2D eigenvalue weighted by molar-refractivity contribution is 0.350. The molecule has 3 nitrogen and oxygen atoms in total. The van der Waals surface area contributed by atoms with E-state index in [4.69, 9.17) is 4.42 Å². The molecule has 3 aliphatic carbocycles. The van der Waals surface area contributed by atoms with Crippen LogP contribution in [-0.2, 0) is 18.3 Å². The van der Waals surface area contributed by atoms with Gasteiger partial charge < -0.3 is 14.2 Å². The summed E-state index contributed by atoms with van der Waals surface area (Å²) in [6.45, 7) is 0. The van der Waals surface area contributed by atoms with Gasteiger partial charge in [0.2, 0.25) is 0 Å². The van der Waals surface area contributed by atoms with Gasteiger partial charge in [0.15, 0.2) is 0 Å². The fourth-order valence-corrected chi connectivity index (χ4v) is 12.1. The molecule has 3 heteroatoms. The quantitative estimate of drug-likeness (QED) is 0.160. The maximum absolute atomic E-state index is 6.46. The highest BCUT2D eigenvalue weighted by atomic mass is 16.3. The maximum Gasteiger partial charge on any atom is 0.135 e. The highest BCUT2D eigenvalue weighted by Crippen LogP contribution is 2.69. The molecular weight excluding hydrogens is 753 g/mol. The van der Waals surface area contributed by atoms with Crippen molar-refractivity contribution in [1.29, 1.82) is 0 Å². The van der Waals surface area contributed by atoms with Gasteiger partial charge in [0.05, 0.1) is 17.1 Å². The van der Waals surface area contributed by atoms with Crippen molar-refractivity contribution in [1.82, 2.24) is 0 Å². The molecule has 1 heterocycles. The van der Waals surface area contributed by atoms with Crippen molar-refractivity contribution in [2.45, 2.75) is 31.1 Å². The number of hydrogen-bond acceptors (Lipinski definition) is 3. The number of rotatable bonds is 7. The minimum Gasteiger partial charge on any atom is -0.456 e. The van der Waals surface area contributed by atoms with Crippen molar-refractivity contribution in [3.8, 4) is 11.1 Å². The van der Waals surface area contributed by atoms with Crippen LogP contribution in [0, 0.1) is 11.8 Å². The standard InChI is InChI=1S/C59H44N2O/c1-4-16-39(17-5-1)50-36-40-18-10-11-19-41(40)37-54(50)61(48-32-33-56-51(38-48)49-26-12-13-29-55(49)62-56)53-28-15-21-43-35-45-31-30-44-34-42-20-14-27-52(57(42)59(44,45)58(43)53)60(46-22-6-2-7-23-46)47-24-8-3-9-25-47/h1-29,32-33,36-38,44-45H,30-31,34-35H2. The Hall–Kier alpha value is -7.36. The van der Waals surface area contributed by atoms with Crippen molar-refractivity contribution in [2.24, 2.45) is 11.8 Å². The Bertz CT molecular complexity index is 3290. The molecule has 296 valence electrons. The third kappa shape index (κ3) is 5.18. The molecule has 1 saturated carbocycles. The van der Waals surface area contributed by atoms with Crippen molar-refractivity contribution in [3.05, 3.63) is 229 Å². The van der Waals surface area contributed by atoms with Crippen LogP contribution >= 0.6 is 0 Å². The monoisotopic (exact) mass is 796 g/mol. The minimum atomic E-state index is -0.173. The molecule has 3 unspecified atom stereocenters. The summed E-state index contributed by atoms with van der Waals surface area (Å²) in [7, 11) is 0. The zero-order valence-electron chi connectivity index (χ0n) is 34.4. The van der Waals surface area contributed by atoms with Crippen LogP contribution in [0.2, 0.25) is 0 Å². The Balaban J connectivity index is 1.12. The molecular formula is C59H44N2O. The molecule has 1 spiro atoms. The van der Waals surface area contributed by atoms with Crippen LogP contribution in [0.5, 0.6) is 0 Å². The number of hydrogen-bond donors (Lipinski definition) is 0. The number of fused-ring (bicyclic) bond motifs is 6. The Labute approximate surface area is 362 Å². The fraction of sp³-hybridized carbons (Fsp3) is 0.119. The van der Waals surface area contributed by atoms with Gasteiger partial charge in [0, 0.05) is 38.8 Å². The first-order valence-corrected chi connectivity index (χ1v) is 22.2. The summed E-state index contributed by atoms with van der Waals surface area (Å²) < 4.78 is 6.46. The number of para-hydroxylation sites is 3. The molecule has 0 amide bonds. The van der Waals surface area contributed by atoms with Gasteiger partial charge in [-0.1, -0.05) is 133 Å². The maximum atomic E-state index is 6.46. The van der Waals surface area contributed by atoms with E-state index in [1.54, 1.807) is 0 Å². The van der Waals surface area contributed by atoms with Crippen LogP contribution in [0.4, 0.5) is 34.1 Å². The van der Waals surface area contributed by atoms with E-state index in [9.17, 15) is 0 Å². The van der Waals surface area contributed by atoms with Crippen LogP contribution in [0.3, 0.4) is 0 Å². The van der Waals surface area contributed by atoms with Gasteiger partial charge in [-0.2, -0.15) is 0 Å². The summed E-state index contributed by atoms with van der Waals surface area (Å²) in [5.74, 6) is 0.985. The summed E-state index contributed by atoms with van der Waals surface area (Å²) in [5, 5.41) is 4.72. The highest BCUT2D eigenvalue weighted by molar-refractivity contribution is 6.07. The van der Waals surface area contributed by atoms with Gasteiger partial charge in [-0.05, 0) is 149 Å². The molecule has 13 rings (SSSR count). The van der Waals surface area contributed by atoms with E-state index in [1.165, 1.54) is 85.4 Å². The first-order valence-electron chi connectivity index (χ1n) is 22.2. The summed E-state index contributed by atoms with van der Waals surface area (Å²) in [6, 6.07) is 76.2. The molecule has 62 heavy (non-hydrogen) atoms. The van der Waals surface area contributed by atoms with Crippen molar-refractivity contribution in [3.63, 3.8) is 0 Å². The first kappa shape index (κ1) is 35.4. The van der Waals surface area contributed by atoms with Gasteiger partial charge in [0.1, 0.15) is 11.2 Å². The van der Waals surface area contributed by atoms with Crippen LogP contribution in [0.25, 0.3) is 43.8 Å². The second-order valence-corrected chi connectivity index (χ2v) is 17.6. The largest absolute Gasteiger partial charge is 0.456 e. The smallest absolute Gasteiger partial charge is 0.135 e. The predicted octanol–water partition coefficient (Wildman–Crippen LogP) is 15.8. The molecule has 3 aliphatic rings. The number of furan rings is 1. The van der Waals surface area contributed by atoms with Crippen LogP contribution in [0.1, 0.15) is 35.1 Å². The third-order valence-electron chi connectivity index (χ3n) is 14.5. The molecule has 0 radical (unpaired) electrons. The molecule has 0 saturated heterocycles. The normalized spacial score (nSPS) is 18.5. The Kier molecular flexibility index (Phi) is 7.90. The van der Waals surface area contributed by atoms with Crippen LogP contribution in [-0.4, -0.2) is 0 Å². The predicted molar refractivity (Wildman–Crippen MR) is 257 cm³/mol. The second-order valence-electron chi connectivity index (χ2n) is 17.6. The molecule has 10 aromatic rings. The van der Waals surface area contributed by atoms with Crippen molar-refractivity contribution < 1.29 is 4.42 Å². The molecule has 9 aromatic carbocycles. The Morgan fingerprint density at radius 3 is 1.61 bits per heavy atom. The molecule has 3 atom stereocenters. The average Bonchev–Trinajstić information content (AvgIpc) is 4.07. The summed E-state index contributed by atoms with van der Waals surface area (Å²) in [6.07, 6.45) is 4.61. The van der Waals surface area contributed by atoms with Gasteiger partial charge in [-0.3, -0.25) is 0 Å². The van der Waals surface area contributed by atoms with Gasteiger partial charge in [0.25, 0.3) is 0 Å². The SMILES string of the molecule is c1ccc(-c2cc3ccccc3cc2N(c2ccc3oc4ccccc4c3c2)c2cccc3c2C24c5c(cccc5N(c5ccccc5)c5ccccc5)CC2CCC4C3)cc1. The van der Waals surface area contributed by atoms with E-state index in [0.717, 1.165) is 40.5 Å². The lowest BCUT2D eigenvalue weighted by Gasteiger charge is -2.40. The van der Waals surface area contributed by atoms with E-state index >= 15 is 0 Å². The molecule has 1 aromatic heterocycles. The lowest BCUT2D eigenvalue weighted by Crippen LogP contribution is -2.34. The number of anilines is 6. The number of nitrogens with zero attached hydrogens (tertiary/aromatic N) is 2. The molecule has 1 fully saturated rings. The van der Waals surface area contributed by atoms with E-state index < -0.39 is 0 Å². The number of benzene rings is 9. The summed E-state index contributed by atoms with van der Waals surface area (Å²) in [4.78, 5) is 5.15. The van der Waals surface area contributed by atoms with Crippen LogP contribution < -0.4 is 9.80 Å². The lowest BCUT2D eigenvalue weighted by atomic mass is 9.68. The van der Waals surface area contributed by atoms with E-state index in [2.05, 4.69) is 216 Å². The molecule has 0 N–H and O–H groups in total. The average molecular weight is 797 g/mol. The van der Waals surface area contributed by atoms with Crippen LogP contribution in [0.15, 0.2) is 211 Å². The Morgan fingerprint density at radius 2 is 0.952 bits per heavy atom. The topological polar surface area (TPSA) is 19.6 Å². The zero-order chi connectivity index (χ0) is 40.8. The Morgan fingerprint density at radius 1 is 0.403 bits per heavy atom. The van der Waals surface area contributed by atoms with E-state index in [-0.39, 0.29) is 5.41 Å². The van der Waals surface area contributed by atoms with E-state index in [1.807, 2.05) is 0 Å². The first-order chi connectivity index (χ1) is 30.7. The van der Waals surface area contributed by atoms with Gasteiger partial charge in [-0.25, -0.2) is 0 Å². The summed E-state index contributed by atoms with van der Waals surface area (Å²) >= 11 is 0. The van der Waals surface area contributed by atoms with Crippen molar-refractivity contribution in [2.75, 3.05) is 9.80 Å². The fourth-order valence-electron chi connectivity index (χ4n) is 12.1. The second kappa shape index (κ2) is 13.8. The summed E-state index contributed by atoms with van der Waals surface area (Å²) in [5.41, 5.74) is 17.3. The zero-order valence-corrected chi connectivity index (χ0v) is 34.4. The van der Waals surface area contributed by atoms with Gasteiger partial charge in [-0.15, -0.1) is 0 Å². The highest BCUT2D eigenvalue weighted by Gasteiger charge is 2.62. The van der Waals surface area contributed by atoms with Gasteiger partial charge >= 0.3 is 0 Å². The third-order valence-corrected chi connectivity index (χ3v) is 14.5. The molecule has 0 bridgehead atoms. The van der Waals surface area contributed by atoms with Crippen molar-refractivity contribution >= 4 is 66.8 Å². The minimum absolute atomic E-state index is 0.173.